The summed E-state index contributed by atoms with van der Waals surface area (Å²) in [6.07, 6.45) is 0. The monoisotopic (exact) mass is 950 g/mol. The van der Waals surface area contributed by atoms with Crippen LogP contribution in [0.5, 0.6) is 0 Å². The zero-order chi connectivity index (χ0) is 49.2. The summed E-state index contributed by atoms with van der Waals surface area (Å²) in [6, 6.07) is 104. The fourth-order valence-electron chi connectivity index (χ4n) is 13.5. The van der Waals surface area contributed by atoms with Gasteiger partial charge in [-0.05, 0) is 160 Å². The molecule has 0 aliphatic heterocycles. The van der Waals surface area contributed by atoms with Gasteiger partial charge in [-0.3, -0.25) is 0 Å². The van der Waals surface area contributed by atoms with Crippen molar-refractivity contribution in [3.8, 4) is 50.2 Å². The van der Waals surface area contributed by atoms with Gasteiger partial charge in [-0.15, -0.1) is 0 Å². The summed E-state index contributed by atoms with van der Waals surface area (Å²) < 4.78 is 2.38. The molecule has 16 rings (SSSR count). The summed E-state index contributed by atoms with van der Waals surface area (Å²) in [4.78, 5) is 2.52. The van der Waals surface area contributed by atoms with Crippen LogP contribution >= 0.6 is 0 Å². The van der Waals surface area contributed by atoms with Crippen molar-refractivity contribution in [3.05, 3.63) is 301 Å². The Balaban J connectivity index is 0.877. The van der Waals surface area contributed by atoms with Crippen molar-refractivity contribution < 1.29 is 0 Å². The van der Waals surface area contributed by atoms with Gasteiger partial charge in [-0.25, -0.2) is 0 Å². The van der Waals surface area contributed by atoms with Crippen LogP contribution in [0.2, 0.25) is 0 Å². The van der Waals surface area contributed by atoms with E-state index in [9.17, 15) is 0 Å². The maximum atomic E-state index is 2.52. The van der Waals surface area contributed by atoms with Crippen molar-refractivity contribution in [3.63, 3.8) is 0 Å². The summed E-state index contributed by atoms with van der Waals surface area (Å²) in [6.45, 7) is 0. The van der Waals surface area contributed by atoms with Crippen LogP contribution in [0.4, 0.5) is 17.1 Å². The average Bonchev–Trinajstić information content (AvgIpc) is 4.13. The van der Waals surface area contributed by atoms with Crippen molar-refractivity contribution in [2.24, 2.45) is 0 Å². The van der Waals surface area contributed by atoms with Gasteiger partial charge in [-0.1, -0.05) is 212 Å². The first kappa shape index (κ1) is 41.8. The molecule has 2 heteroatoms. The zero-order valence-electron chi connectivity index (χ0n) is 41.0. The number of anilines is 3. The topological polar surface area (TPSA) is 8.17 Å². The Morgan fingerprint density at radius 1 is 0.267 bits per heavy atom. The number of para-hydroxylation sites is 2. The third-order valence-electron chi connectivity index (χ3n) is 16.6. The van der Waals surface area contributed by atoms with Gasteiger partial charge in [-0.2, -0.15) is 0 Å². The first-order chi connectivity index (χ1) is 37.2. The van der Waals surface area contributed by atoms with E-state index in [0.717, 1.165) is 17.1 Å². The minimum atomic E-state index is -0.471. The van der Waals surface area contributed by atoms with E-state index < -0.39 is 5.41 Å². The van der Waals surface area contributed by atoms with E-state index in [4.69, 9.17) is 0 Å². The largest absolute Gasteiger partial charge is 0.310 e. The minimum Gasteiger partial charge on any atom is -0.310 e. The quantitative estimate of drug-likeness (QED) is 0.151. The van der Waals surface area contributed by atoms with Crippen LogP contribution in [0.15, 0.2) is 279 Å². The Hall–Kier alpha value is -9.76. The van der Waals surface area contributed by atoms with Gasteiger partial charge < -0.3 is 9.47 Å². The number of nitrogens with zero attached hydrogens (tertiary/aromatic N) is 2. The zero-order valence-corrected chi connectivity index (χ0v) is 41.0. The molecule has 0 N–H and O–H groups in total. The lowest BCUT2D eigenvalue weighted by Crippen LogP contribution is -2.26. The predicted molar refractivity (Wildman–Crippen MR) is 315 cm³/mol. The van der Waals surface area contributed by atoms with Crippen LogP contribution in [0.3, 0.4) is 0 Å². The fraction of sp³-hybridized carbons (Fsp3) is 0.0137. The smallest absolute Gasteiger partial charge is 0.0726 e. The number of fused-ring (bicyclic) bond motifs is 19. The van der Waals surface area contributed by atoms with Crippen LogP contribution < -0.4 is 4.90 Å². The average molecular weight is 951 g/mol. The molecular weight excluding hydrogens is 905 g/mol. The van der Waals surface area contributed by atoms with Crippen molar-refractivity contribution in [2.75, 3.05) is 4.90 Å². The molecule has 0 amide bonds. The molecule has 75 heavy (non-hydrogen) atoms. The third-order valence-corrected chi connectivity index (χ3v) is 16.6. The van der Waals surface area contributed by atoms with E-state index in [1.165, 1.54) is 127 Å². The molecule has 0 saturated carbocycles. The van der Waals surface area contributed by atoms with Gasteiger partial charge in [0.15, 0.2) is 0 Å². The van der Waals surface area contributed by atoms with Gasteiger partial charge >= 0.3 is 0 Å². The molecule has 2 nitrogen and oxygen atoms in total. The van der Waals surface area contributed by atoms with Gasteiger partial charge in [0, 0.05) is 33.2 Å². The third kappa shape index (κ3) is 5.97. The molecule has 2 aliphatic carbocycles. The van der Waals surface area contributed by atoms with E-state index in [-0.39, 0.29) is 0 Å². The first-order valence-corrected chi connectivity index (χ1v) is 26.1. The summed E-state index contributed by atoms with van der Waals surface area (Å²) in [7, 11) is 0. The van der Waals surface area contributed by atoms with Crippen LogP contribution in [0.1, 0.15) is 22.3 Å². The highest BCUT2D eigenvalue weighted by molar-refractivity contribution is 6.29. The SMILES string of the molecule is c1ccc(-n2c3ccccc3c3cc(-c4cccc(-c5ccc(N(c6ccc7c(c6)C6(c8ccccc8-c8ccccc86)c6ccccc6-7)c6cccc7c8ccccc8c8ccccc8c67)cc5)c4)ccc32)cc1. The Morgan fingerprint density at radius 3 is 1.40 bits per heavy atom. The van der Waals surface area contributed by atoms with E-state index in [2.05, 4.69) is 289 Å². The normalized spacial score (nSPS) is 12.9. The predicted octanol–water partition coefficient (Wildman–Crippen LogP) is 19.4. The van der Waals surface area contributed by atoms with Gasteiger partial charge in [0.05, 0.1) is 22.1 Å². The fourth-order valence-corrected chi connectivity index (χ4v) is 13.5. The molecule has 0 saturated heterocycles. The highest BCUT2D eigenvalue weighted by Gasteiger charge is 2.51. The number of aromatic nitrogens is 1. The Kier molecular flexibility index (Phi) is 8.99. The number of hydrogen-bond acceptors (Lipinski definition) is 1. The molecule has 2 aliphatic rings. The number of benzene rings is 13. The molecule has 0 bridgehead atoms. The molecule has 0 radical (unpaired) electrons. The van der Waals surface area contributed by atoms with Crippen LogP contribution in [-0.2, 0) is 5.41 Å². The first-order valence-electron chi connectivity index (χ1n) is 26.1. The van der Waals surface area contributed by atoms with Gasteiger partial charge in [0.25, 0.3) is 0 Å². The summed E-state index contributed by atoms with van der Waals surface area (Å²) >= 11 is 0. The van der Waals surface area contributed by atoms with Crippen molar-refractivity contribution in [1.82, 2.24) is 4.57 Å². The molecular formula is C73H46N2. The minimum absolute atomic E-state index is 0.471. The summed E-state index contributed by atoms with van der Waals surface area (Å²) in [5.74, 6) is 0. The molecule has 0 atom stereocenters. The second kappa shape index (κ2) is 16.1. The van der Waals surface area contributed by atoms with Crippen LogP contribution in [0.25, 0.3) is 104 Å². The van der Waals surface area contributed by atoms with E-state index >= 15 is 0 Å². The standard InChI is InChI=1S/C73H46N2/c1-2-20-51(21-3-1)75-69-34-15-11-28-61(69)64-45-50(38-43-70(64)75)49-19-16-18-48(44-49)47-36-39-52(40-37-47)74(71-35-17-30-63-56-23-5-4-22-54(56)55-24-6-7-29-62(55)72(63)71)53-41-42-60-59-27-10-14-33-67(59)73(68(60)46-53)65-31-12-8-25-57(65)58-26-9-13-32-66(58)73/h1-46H. The highest BCUT2D eigenvalue weighted by Crippen LogP contribution is 2.63. The van der Waals surface area contributed by atoms with E-state index in [1.54, 1.807) is 0 Å². The molecule has 1 spiro atoms. The summed E-state index contributed by atoms with van der Waals surface area (Å²) in [5, 5.41) is 10.0. The second-order valence-corrected chi connectivity index (χ2v) is 20.3. The Morgan fingerprint density at radius 2 is 0.733 bits per heavy atom. The second-order valence-electron chi connectivity index (χ2n) is 20.3. The van der Waals surface area contributed by atoms with Crippen molar-refractivity contribution >= 4 is 71.2 Å². The number of hydrogen-bond donors (Lipinski definition) is 0. The lowest BCUT2D eigenvalue weighted by atomic mass is 9.70. The Labute approximate surface area is 435 Å². The molecule has 1 aromatic heterocycles. The number of rotatable bonds is 6. The van der Waals surface area contributed by atoms with Crippen LogP contribution in [0, 0.1) is 0 Å². The highest BCUT2D eigenvalue weighted by atomic mass is 15.1. The Bertz CT molecular complexity index is 4550. The molecule has 1 heterocycles. The van der Waals surface area contributed by atoms with Crippen molar-refractivity contribution in [1.29, 1.82) is 0 Å². The lowest BCUT2D eigenvalue weighted by Gasteiger charge is -2.32. The van der Waals surface area contributed by atoms with Crippen LogP contribution in [-0.4, -0.2) is 4.57 Å². The van der Waals surface area contributed by atoms with E-state index in [0.29, 0.717) is 0 Å². The van der Waals surface area contributed by atoms with E-state index in [1.807, 2.05) is 0 Å². The maximum absolute atomic E-state index is 2.52. The molecule has 14 aromatic rings. The lowest BCUT2D eigenvalue weighted by molar-refractivity contribution is 0.793. The molecule has 0 unspecified atom stereocenters. The van der Waals surface area contributed by atoms with Gasteiger partial charge in [0.1, 0.15) is 0 Å². The molecule has 13 aromatic carbocycles. The molecule has 348 valence electrons. The molecule has 0 fully saturated rings. The van der Waals surface area contributed by atoms with Gasteiger partial charge in [0.2, 0.25) is 0 Å². The van der Waals surface area contributed by atoms with Crippen molar-refractivity contribution in [2.45, 2.75) is 5.41 Å². The summed E-state index contributed by atoms with van der Waals surface area (Å²) in [5.41, 5.74) is 21.7. The maximum Gasteiger partial charge on any atom is 0.0726 e.